The summed E-state index contributed by atoms with van der Waals surface area (Å²) < 4.78 is 11.4. The van der Waals surface area contributed by atoms with Gasteiger partial charge in [-0.15, -0.1) is 0 Å². The molecular formula is C18H23NO5. The van der Waals surface area contributed by atoms with Crippen molar-refractivity contribution in [1.82, 2.24) is 4.90 Å². The molecule has 2 aliphatic rings. The predicted molar refractivity (Wildman–Crippen MR) is 86.8 cm³/mol. The lowest BCUT2D eigenvalue weighted by Crippen LogP contribution is -2.56. The topological polar surface area (TPSA) is 76.1 Å². The molecule has 2 fully saturated rings. The Balaban J connectivity index is 1.64. The summed E-state index contributed by atoms with van der Waals surface area (Å²) in [4.78, 5) is 26.0. The third-order valence-electron chi connectivity index (χ3n) is 4.78. The molecule has 1 amide bonds. The molecule has 1 unspecified atom stereocenters. The summed E-state index contributed by atoms with van der Waals surface area (Å²) >= 11 is 0. The van der Waals surface area contributed by atoms with Crippen molar-refractivity contribution in [2.24, 2.45) is 0 Å². The van der Waals surface area contributed by atoms with Crippen molar-refractivity contribution in [2.75, 3.05) is 19.7 Å². The van der Waals surface area contributed by atoms with Crippen molar-refractivity contribution in [3.8, 4) is 5.75 Å². The van der Waals surface area contributed by atoms with Crippen LogP contribution in [0.25, 0.3) is 0 Å². The average molecular weight is 333 g/mol. The van der Waals surface area contributed by atoms with Crippen LogP contribution in [-0.2, 0) is 14.3 Å². The molecule has 2 saturated heterocycles. The van der Waals surface area contributed by atoms with E-state index in [0.29, 0.717) is 25.4 Å². The van der Waals surface area contributed by atoms with Crippen LogP contribution in [0.5, 0.6) is 5.75 Å². The van der Waals surface area contributed by atoms with Gasteiger partial charge < -0.3 is 19.5 Å². The smallest absolute Gasteiger partial charge is 0.348 e. The number of amides is 1. The molecular weight excluding hydrogens is 310 g/mol. The molecule has 3 rings (SSSR count). The molecule has 0 saturated carbocycles. The zero-order valence-electron chi connectivity index (χ0n) is 13.6. The highest BCUT2D eigenvalue weighted by Gasteiger charge is 2.45. The molecule has 0 radical (unpaired) electrons. The Morgan fingerprint density at radius 1 is 1.17 bits per heavy atom. The summed E-state index contributed by atoms with van der Waals surface area (Å²) in [6.07, 6.45) is 2.92. The zero-order chi connectivity index (χ0) is 17.0. The maximum atomic E-state index is 12.5. The van der Waals surface area contributed by atoms with E-state index in [0.717, 1.165) is 19.3 Å². The van der Waals surface area contributed by atoms with E-state index in [-0.39, 0.29) is 24.9 Å². The third kappa shape index (κ3) is 3.53. The van der Waals surface area contributed by atoms with Gasteiger partial charge >= 0.3 is 5.97 Å². The van der Waals surface area contributed by atoms with Gasteiger partial charge in [-0.2, -0.15) is 0 Å². The number of piperidine rings is 1. The van der Waals surface area contributed by atoms with Crippen LogP contribution in [0, 0.1) is 0 Å². The Kier molecular flexibility index (Phi) is 5.04. The first-order valence-electron chi connectivity index (χ1n) is 8.49. The number of likely N-dealkylation sites (tertiary alicyclic amines) is 1. The van der Waals surface area contributed by atoms with E-state index in [1.54, 1.807) is 17.0 Å². The van der Waals surface area contributed by atoms with Crippen molar-refractivity contribution in [3.05, 3.63) is 30.3 Å². The molecule has 0 spiro atoms. The summed E-state index contributed by atoms with van der Waals surface area (Å²) in [5, 5.41) is 9.67. The highest BCUT2D eigenvalue weighted by Crippen LogP contribution is 2.30. The Labute approximate surface area is 141 Å². The Morgan fingerprint density at radius 3 is 2.46 bits per heavy atom. The Morgan fingerprint density at radius 2 is 1.88 bits per heavy atom. The molecule has 1 aromatic rings. The van der Waals surface area contributed by atoms with Crippen molar-refractivity contribution >= 4 is 11.9 Å². The van der Waals surface area contributed by atoms with Gasteiger partial charge in [-0.05, 0) is 31.4 Å². The number of carboxylic acid groups (broad SMARTS) is 1. The van der Waals surface area contributed by atoms with Crippen LogP contribution in [0.1, 0.15) is 32.1 Å². The van der Waals surface area contributed by atoms with Gasteiger partial charge in [-0.3, -0.25) is 4.79 Å². The Hall–Kier alpha value is -2.08. The molecule has 130 valence electrons. The van der Waals surface area contributed by atoms with Gasteiger partial charge in [0, 0.05) is 32.5 Å². The van der Waals surface area contributed by atoms with Crippen molar-refractivity contribution in [2.45, 2.75) is 43.8 Å². The fourth-order valence-corrected chi connectivity index (χ4v) is 3.30. The molecule has 24 heavy (non-hydrogen) atoms. The lowest BCUT2D eigenvalue weighted by atomic mass is 9.90. The normalized spacial score (nSPS) is 23.5. The number of carbonyl (C=O) groups excluding carboxylic acids is 1. The monoisotopic (exact) mass is 333 g/mol. The fraction of sp³-hybridized carbons (Fsp3) is 0.556. The van der Waals surface area contributed by atoms with E-state index >= 15 is 0 Å². The number of ether oxygens (including phenoxy) is 2. The van der Waals surface area contributed by atoms with E-state index < -0.39 is 11.6 Å². The minimum atomic E-state index is -1.27. The van der Waals surface area contributed by atoms with Gasteiger partial charge in [0.25, 0.3) is 5.91 Å². The number of para-hydroxylation sites is 1. The van der Waals surface area contributed by atoms with Gasteiger partial charge in [0.1, 0.15) is 11.9 Å². The highest BCUT2D eigenvalue weighted by atomic mass is 16.5. The lowest BCUT2D eigenvalue weighted by Gasteiger charge is -2.40. The second-order valence-electron chi connectivity index (χ2n) is 6.40. The second-order valence-corrected chi connectivity index (χ2v) is 6.40. The first-order valence-corrected chi connectivity index (χ1v) is 8.49. The number of nitrogens with zero attached hydrogens (tertiary/aromatic N) is 1. The largest absolute Gasteiger partial charge is 0.478 e. The van der Waals surface area contributed by atoms with Gasteiger partial charge in [0.05, 0.1) is 0 Å². The molecule has 6 heteroatoms. The number of aliphatic carboxylic acids is 1. The summed E-state index contributed by atoms with van der Waals surface area (Å²) in [5.74, 6) is -0.462. The van der Waals surface area contributed by atoms with Crippen LogP contribution < -0.4 is 4.74 Å². The molecule has 1 atom stereocenters. The van der Waals surface area contributed by atoms with E-state index in [1.807, 2.05) is 18.2 Å². The van der Waals surface area contributed by atoms with Crippen LogP contribution in [0.2, 0.25) is 0 Å². The van der Waals surface area contributed by atoms with Gasteiger partial charge in [-0.1, -0.05) is 18.2 Å². The number of carboxylic acids is 1. The van der Waals surface area contributed by atoms with Gasteiger partial charge in [-0.25, -0.2) is 4.79 Å². The molecule has 0 aromatic heterocycles. The lowest BCUT2D eigenvalue weighted by molar-refractivity contribution is -0.164. The third-order valence-corrected chi connectivity index (χ3v) is 4.78. The molecule has 6 nitrogen and oxygen atoms in total. The first kappa shape index (κ1) is 16.8. The standard InChI is InChI=1S/C18H23NO5/c20-16(15-8-4-5-13-23-15)19-11-9-18(10-12-19,17(21)22)24-14-6-2-1-3-7-14/h1-3,6-7,15H,4-5,8-13H2,(H,21,22). The van der Waals surface area contributed by atoms with Crippen LogP contribution in [-0.4, -0.2) is 53.3 Å². The van der Waals surface area contributed by atoms with Gasteiger partial charge in [0.15, 0.2) is 0 Å². The number of carbonyl (C=O) groups is 2. The molecule has 2 aliphatic heterocycles. The van der Waals surface area contributed by atoms with Crippen molar-refractivity contribution in [1.29, 1.82) is 0 Å². The first-order chi connectivity index (χ1) is 11.6. The predicted octanol–water partition coefficient (Wildman–Crippen LogP) is 2.08. The average Bonchev–Trinajstić information content (AvgIpc) is 2.63. The fourth-order valence-electron chi connectivity index (χ4n) is 3.30. The number of hydrogen-bond donors (Lipinski definition) is 1. The van der Waals surface area contributed by atoms with E-state index in [2.05, 4.69) is 0 Å². The maximum Gasteiger partial charge on any atom is 0.348 e. The van der Waals surface area contributed by atoms with E-state index in [9.17, 15) is 14.7 Å². The Bertz CT molecular complexity index is 574. The zero-order valence-corrected chi connectivity index (χ0v) is 13.6. The summed E-state index contributed by atoms with van der Waals surface area (Å²) in [6.45, 7) is 1.37. The quantitative estimate of drug-likeness (QED) is 0.913. The summed E-state index contributed by atoms with van der Waals surface area (Å²) in [6, 6.07) is 8.97. The van der Waals surface area contributed by atoms with E-state index in [1.165, 1.54) is 0 Å². The van der Waals surface area contributed by atoms with Crippen LogP contribution in [0.15, 0.2) is 30.3 Å². The second kappa shape index (κ2) is 7.21. The molecule has 1 aromatic carbocycles. The molecule has 2 heterocycles. The SMILES string of the molecule is O=C(C1CCCCO1)N1CCC(Oc2ccccc2)(C(=O)O)CC1. The van der Waals surface area contributed by atoms with E-state index in [4.69, 9.17) is 9.47 Å². The van der Waals surface area contributed by atoms with Crippen LogP contribution in [0.4, 0.5) is 0 Å². The van der Waals surface area contributed by atoms with Crippen LogP contribution >= 0.6 is 0 Å². The van der Waals surface area contributed by atoms with Crippen LogP contribution in [0.3, 0.4) is 0 Å². The number of benzene rings is 1. The molecule has 0 bridgehead atoms. The van der Waals surface area contributed by atoms with Crippen molar-refractivity contribution in [3.63, 3.8) is 0 Å². The number of rotatable bonds is 4. The van der Waals surface area contributed by atoms with Gasteiger partial charge in [0.2, 0.25) is 5.60 Å². The van der Waals surface area contributed by atoms with Crippen molar-refractivity contribution < 1.29 is 24.2 Å². The number of hydrogen-bond acceptors (Lipinski definition) is 4. The minimum absolute atomic E-state index is 0.0200. The summed E-state index contributed by atoms with van der Waals surface area (Å²) in [7, 11) is 0. The maximum absolute atomic E-state index is 12.5. The summed E-state index contributed by atoms with van der Waals surface area (Å²) in [5.41, 5.74) is -1.27. The highest BCUT2D eigenvalue weighted by molar-refractivity contribution is 5.82. The molecule has 1 N–H and O–H groups in total. The molecule has 0 aliphatic carbocycles. The minimum Gasteiger partial charge on any atom is -0.478 e.